The standard InChI is InChI=1S/C16H24N2O4/c1-4-5-9-18(2)10-8-15(20)17-13-7-6-12(11-14(13)19)16(21)22-3/h6-7,11,19H,4-5,8-10H2,1-3H3,(H,17,20). The number of phenolic OH excluding ortho intramolecular Hbond substituents is 1. The molecule has 0 heterocycles. The Morgan fingerprint density at radius 1 is 1.32 bits per heavy atom. The maximum atomic E-state index is 11.9. The summed E-state index contributed by atoms with van der Waals surface area (Å²) >= 11 is 0. The third kappa shape index (κ3) is 5.73. The molecule has 122 valence electrons. The molecular formula is C16H24N2O4. The van der Waals surface area contributed by atoms with Gasteiger partial charge in [-0.3, -0.25) is 4.79 Å². The van der Waals surface area contributed by atoms with Gasteiger partial charge in [0, 0.05) is 13.0 Å². The average Bonchev–Trinajstić information content (AvgIpc) is 2.52. The number of methoxy groups -OCH3 is 1. The Bertz CT molecular complexity index is 517. The summed E-state index contributed by atoms with van der Waals surface area (Å²) in [6, 6.07) is 4.25. The molecule has 0 radical (unpaired) electrons. The fourth-order valence-electron chi connectivity index (χ4n) is 1.93. The van der Waals surface area contributed by atoms with Gasteiger partial charge in [-0.1, -0.05) is 13.3 Å². The van der Waals surface area contributed by atoms with Crippen LogP contribution >= 0.6 is 0 Å². The molecule has 1 aromatic rings. The number of hydrogen-bond donors (Lipinski definition) is 2. The molecule has 0 fully saturated rings. The molecule has 0 aromatic heterocycles. The Morgan fingerprint density at radius 3 is 2.64 bits per heavy atom. The molecule has 6 heteroatoms. The summed E-state index contributed by atoms with van der Waals surface area (Å²) in [5, 5.41) is 12.5. The predicted molar refractivity (Wildman–Crippen MR) is 85.1 cm³/mol. The quantitative estimate of drug-likeness (QED) is 0.569. The van der Waals surface area contributed by atoms with Crippen LogP contribution in [0.25, 0.3) is 0 Å². The first-order valence-corrected chi connectivity index (χ1v) is 7.37. The van der Waals surface area contributed by atoms with Crippen molar-refractivity contribution in [2.45, 2.75) is 26.2 Å². The normalized spacial score (nSPS) is 10.5. The highest BCUT2D eigenvalue weighted by molar-refractivity contribution is 5.95. The Hall–Kier alpha value is -2.08. The van der Waals surface area contributed by atoms with Crippen molar-refractivity contribution in [3.05, 3.63) is 23.8 Å². The summed E-state index contributed by atoms with van der Waals surface area (Å²) in [4.78, 5) is 25.3. The second-order valence-corrected chi connectivity index (χ2v) is 5.18. The summed E-state index contributed by atoms with van der Waals surface area (Å²) in [5.74, 6) is -0.870. The van der Waals surface area contributed by atoms with Gasteiger partial charge < -0.3 is 20.1 Å². The number of phenols is 1. The van der Waals surface area contributed by atoms with Crippen molar-refractivity contribution < 1.29 is 19.4 Å². The van der Waals surface area contributed by atoms with Gasteiger partial charge in [0.25, 0.3) is 0 Å². The van der Waals surface area contributed by atoms with Crippen molar-refractivity contribution in [2.24, 2.45) is 0 Å². The maximum Gasteiger partial charge on any atom is 0.337 e. The Balaban J connectivity index is 2.52. The highest BCUT2D eigenvalue weighted by Gasteiger charge is 2.11. The topological polar surface area (TPSA) is 78.9 Å². The molecule has 2 N–H and O–H groups in total. The number of carbonyl (C=O) groups is 2. The van der Waals surface area contributed by atoms with E-state index in [-0.39, 0.29) is 22.9 Å². The molecule has 0 aliphatic heterocycles. The van der Waals surface area contributed by atoms with Crippen LogP contribution in [0.5, 0.6) is 5.75 Å². The second-order valence-electron chi connectivity index (χ2n) is 5.18. The molecule has 0 saturated heterocycles. The number of aromatic hydroxyl groups is 1. The van der Waals surface area contributed by atoms with Crippen molar-refractivity contribution >= 4 is 17.6 Å². The lowest BCUT2D eigenvalue weighted by Gasteiger charge is -2.15. The minimum atomic E-state index is -0.536. The molecule has 1 aromatic carbocycles. The van der Waals surface area contributed by atoms with Crippen LogP contribution in [-0.2, 0) is 9.53 Å². The number of ether oxygens (including phenoxy) is 1. The number of esters is 1. The Labute approximate surface area is 131 Å². The number of anilines is 1. The van der Waals surface area contributed by atoms with E-state index in [0.717, 1.165) is 19.4 Å². The third-order valence-electron chi connectivity index (χ3n) is 3.31. The molecule has 0 aliphatic carbocycles. The molecule has 0 atom stereocenters. The van der Waals surface area contributed by atoms with Crippen LogP contribution in [0.4, 0.5) is 5.69 Å². The molecular weight excluding hydrogens is 284 g/mol. The van der Waals surface area contributed by atoms with E-state index >= 15 is 0 Å². The number of nitrogens with one attached hydrogen (secondary N) is 1. The van der Waals surface area contributed by atoms with Gasteiger partial charge in [0.15, 0.2) is 0 Å². The zero-order chi connectivity index (χ0) is 16.5. The smallest absolute Gasteiger partial charge is 0.337 e. The second kappa shape index (κ2) is 9.04. The molecule has 6 nitrogen and oxygen atoms in total. The van der Waals surface area contributed by atoms with Gasteiger partial charge in [0.05, 0.1) is 18.4 Å². The zero-order valence-electron chi connectivity index (χ0n) is 13.4. The van der Waals surface area contributed by atoms with Crippen LogP contribution < -0.4 is 5.32 Å². The fourth-order valence-corrected chi connectivity index (χ4v) is 1.93. The number of benzene rings is 1. The van der Waals surface area contributed by atoms with Crippen LogP contribution in [-0.4, -0.2) is 49.1 Å². The van der Waals surface area contributed by atoms with E-state index in [9.17, 15) is 14.7 Å². The summed E-state index contributed by atoms with van der Waals surface area (Å²) in [7, 11) is 3.25. The number of nitrogens with zero attached hydrogens (tertiary/aromatic N) is 1. The van der Waals surface area contributed by atoms with E-state index in [1.165, 1.54) is 25.3 Å². The molecule has 1 rings (SSSR count). The fraction of sp³-hybridized carbons (Fsp3) is 0.500. The van der Waals surface area contributed by atoms with Crippen LogP contribution in [0.3, 0.4) is 0 Å². The number of unbranched alkanes of at least 4 members (excludes halogenated alkanes) is 1. The van der Waals surface area contributed by atoms with Crippen molar-refractivity contribution in [2.75, 3.05) is 32.6 Å². The first kappa shape index (κ1) is 18.0. The maximum absolute atomic E-state index is 11.9. The Kier molecular flexibility index (Phi) is 7.39. The number of carbonyl (C=O) groups excluding carboxylic acids is 2. The summed E-state index contributed by atoms with van der Waals surface area (Å²) in [6.07, 6.45) is 2.57. The third-order valence-corrected chi connectivity index (χ3v) is 3.31. The zero-order valence-corrected chi connectivity index (χ0v) is 13.4. The van der Waals surface area contributed by atoms with E-state index in [1.807, 2.05) is 7.05 Å². The largest absolute Gasteiger partial charge is 0.506 e. The molecule has 0 saturated carbocycles. The van der Waals surface area contributed by atoms with E-state index in [0.29, 0.717) is 13.0 Å². The molecule has 0 aliphatic rings. The molecule has 0 spiro atoms. The van der Waals surface area contributed by atoms with Crippen molar-refractivity contribution in [1.29, 1.82) is 0 Å². The van der Waals surface area contributed by atoms with Gasteiger partial charge in [-0.25, -0.2) is 4.79 Å². The first-order valence-electron chi connectivity index (χ1n) is 7.37. The van der Waals surface area contributed by atoms with Gasteiger partial charge >= 0.3 is 5.97 Å². The average molecular weight is 308 g/mol. The summed E-state index contributed by atoms with van der Waals surface area (Å²) in [5.41, 5.74) is 0.520. The minimum absolute atomic E-state index is 0.157. The lowest BCUT2D eigenvalue weighted by atomic mass is 10.2. The van der Waals surface area contributed by atoms with Crippen molar-refractivity contribution in [3.63, 3.8) is 0 Å². The highest BCUT2D eigenvalue weighted by Crippen LogP contribution is 2.24. The SMILES string of the molecule is CCCCN(C)CCC(=O)Nc1ccc(C(=O)OC)cc1O. The summed E-state index contributed by atoms with van der Waals surface area (Å²) < 4.78 is 4.57. The predicted octanol–water partition coefficient (Wildman–Crippen LogP) is 2.24. The lowest BCUT2D eigenvalue weighted by Crippen LogP contribution is -2.25. The monoisotopic (exact) mass is 308 g/mol. The van der Waals surface area contributed by atoms with Gasteiger partial charge in [-0.2, -0.15) is 0 Å². The Morgan fingerprint density at radius 2 is 2.05 bits per heavy atom. The van der Waals surface area contributed by atoms with Gasteiger partial charge in [0.2, 0.25) is 5.91 Å². The van der Waals surface area contributed by atoms with E-state index in [4.69, 9.17) is 0 Å². The summed E-state index contributed by atoms with van der Waals surface area (Å²) in [6.45, 7) is 3.75. The van der Waals surface area contributed by atoms with Crippen molar-refractivity contribution in [3.8, 4) is 5.75 Å². The van der Waals surface area contributed by atoms with Crippen LogP contribution in [0.2, 0.25) is 0 Å². The minimum Gasteiger partial charge on any atom is -0.506 e. The van der Waals surface area contributed by atoms with Crippen LogP contribution in [0.1, 0.15) is 36.5 Å². The van der Waals surface area contributed by atoms with E-state index in [1.54, 1.807) is 0 Å². The van der Waals surface area contributed by atoms with Gasteiger partial charge in [-0.15, -0.1) is 0 Å². The number of rotatable bonds is 8. The van der Waals surface area contributed by atoms with E-state index in [2.05, 4.69) is 21.9 Å². The molecule has 0 unspecified atom stereocenters. The number of amides is 1. The molecule has 22 heavy (non-hydrogen) atoms. The van der Waals surface area contributed by atoms with Gasteiger partial charge in [0.1, 0.15) is 5.75 Å². The van der Waals surface area contributed by atoms with Crippen LogP contribution in [0, 0.1) is 0 Å². The number of hydrogen-bond acceptors (Lipinski definition) is 5. The molecule has 0 bridgehead atoms. The highest BCUT2D eigenvalue weighted by atomic mass is 16.5. The molecule has 1 amide bonds. The van der Waals surface area contributed by atoms with Gasteiger partial charge in [-0.05, 0) is 38.2 Å². The van der Waals surface area contributed by atoms with Crippen LogP contribution in [0.15, 0.2) is 18.2 Å². The first-order chi connectivity index (χ1) is 10.5. The van der Waals surface area contributed by atoms with Crippen molar-refractivity contribution in [1.82, 2.24) is 4.90 Å². The van der Waals surface area contributed by atoms with E-state index < -0.39 is 5.97 Å². The lowest BCUT2D eigenvalue weighted by molar-refractivity contribution is -0.116.